The zero-order chi connectivity index (χ0) is 26.7. The molecule has 7 aromatic rings. The third-order valence-corrected chi connectivity index (χ3v) is 6.91. The molecule has 7 rings (SSSR count). The van der Waals surface area contributed by atoms with Crippen molar-refractivity contribution in [1.82, 2.24) is 19.9 Å². The van der Waals surface area contributed by atoms with Crippen LogP contribution in [0, 0.1) is 11.8 Å². The smallest absolute Gasteiger partial charge is 0.0900 e. The van der Waals surface area contributed by atoms with Crippen molar-refractivity contribution in [3.63, 3.8) is 0 Å². The largest absolute Gasteiger partial charge is 0.265 e. The highest BCUT2D eigenvalue weighted by molar-refractivity contribution is 6.16. The summed E-state index contributed by atoms with van der Waals surface area (Å²) in [5, 5.41) is 4.47. The third-order valence-electron chi connectivity index (χ3n) is 6.91. The highest BCUT2D eigenvalue weighted by Gasteiger charge is 2.17. The van der Waals surface area contributed by atoms with Crippen molar-refractivity contribution >= 4 is 21.5 Å². The molecule has 0 radical (unpaired) electrons. The van der Waals surface area contributed by atoms with Crippen LogP contribution in [-0.4, -0.2) is 19.9 Å². The van der Waals surface area contributed by atoms with Crippen LogP contribution in [0.15, 0.2) is 134 Å². The highest BCUT2D eigenvalue weighted by atomic mass is 14.8. The monoisotopic (exact) mass is 510 g/mol. The van der Waals surface area contributed by atoms with Crippen LogP contribution in [0.2, 0.25) is 0 Å². The standard InChI is InChI=1S/C36H22N4/c1-3-11-30-27(9-1)29(16-15-25-17-21-37-22-18-25)28-10-2-4-12-31(28)36(30)26-23-34(32-13-5-7-19-38-32)40-35(24-26)33-14-6-8-20-39-33/h1-14,17-24H. The maximum absolute atomic E-state index is 4.99. The molecule has 0 amide bonds. The summed E-state index contributed by atoms with van der Waals surface area (Å²) in [6, 6.07) is 36.9. The van der Waals surface area contributed by atoms with E-state index in [2.05, 4.69) is 87.5 Å². The lowest BCUT2D eigenvalue weighted by molar-refractivity contribution is 1.22. The highest BCUT2D eigenvalue weighted by Crippen LogP contribution is 2.40. The van der Waals surface area contributed by atoms with E-state index in [0.717, 1.165) is 66.6 Å². The maximum atomic E-state index is 4.99. The molecule has 0 unspecified atom stereocenters. The Morgan fingerprint density at radius 3 is 1.50 bits per heavy atom. The first kappa shape index (κ1) is 23.5. The van der Waals surface area contributed by atoms with Crippen LogP contribution in [0.3, 0.4) is 0 Å². The van der Waals surface area contributed by atoms with E-state index in [1.54, 1.807) is 24.8 Å². The van der Waals surface area contributed by atoms with Gasteiger partial charge in [0.1, 0.15) is 0 Å². The summed E-state index contributed by atoms with van der Waals surface area (Å²) < 4.78 is 0. The van der Waals surface area contributed by atoms with Crippen molar-refractivity contribution in [2.75, 3.05) is 0 Å². The first-order valence-electron chi connectivity index (χ1n) is 13.1. The molecule has 4 aromatic heterocycles. The number of aromatic nitrogens is 4. The fourth-order valence-electron chi connectivity index (χ4n) is 5.11. The molecular weight excluding hydrogens is 488 g/mol. The Hall–Kier alpha value is -5.66. The van der Waals surface area contributed by atoms with E-state index in [1.807, 2.05) is 48.5 Å². The van der Waals surface area contributed by atoms with Crippen LogP contribution >= 0.6 is 0 Å². The third kappa shape index (κ3) is 4.36. The van der Waals surface area contributed by atoms with Crippen molar-refractivity contribution in [2.24, 2.45) is 0 Å². The van der Waals surface area contributed by atoms with Crippen LogP contribution < -0.4 is 0 Å². The first-order chi connectivity index (χ1) is 19.8. The number of benzene rings is 3. The zero-order valence-corrected chi connectivity index (χ0v) is 21.5. The van der Waals surface area contributed by atoms with Crippen molar-refractivity contribution in [1.29, 1.82) is 0 Å². The number of pyridine rings is 4. The fraction of sp³-hybridized carbons (Fsp3) is 0. The number of rotatable bonds is 3. The molecule has 0 saturated heterocycles. The van der Waals surface area contributed by atoms with Gasteiger partial charge in [0.15, 0.2) is 0 Å². The van der Waals surface area contributed by atoms with E-state index in [1.165, 1.54) is 0 Å². The van der Waals surface area contributed by atoms with Crippen LogP contribution in [0.1, 0.15) is 11.1 Å². The molecule has 3 aromatic carbocycles. The minimum Gasteiger partial charge on any atom is -0.265 e. The molecular formula is C36H22N4. The predicted octanol–water partition coefficient (Wildman–Crippen LogP) is 7.97. The molecule has 0 atom stereocenters. The van der Waals surface area contributed by atoms with Gasteiger partial charge in [0.05, 0.1) is 22.8 Å². The summed E-state index contributed by atoms with van der Waals surface area (Å²) in [5.74, 6) is 6.84. The number of nitrogens with zero attached hydrogens (tertiary/aromatic N) is 4. The molecule has 0 aliphatic rings. The van der Waals surface area contributed by atoms with E-state index < -0.39 is 0 Å². The molecule has 4 nitrogen and oxygen atoms in total. The Morgan fingerprint density at radius 1 is 0.450 bits per heavy atom. The van der Waals surface area contributed by atoms with Crippen LogP contribution in [0.25, 0.3) is 55.4 Å². The number of fused-ring (bicyclic) bond motifs is 2. The molecule has 0 aliphatic carbocycles. The van der Waals surface area contributed by atoms with Crippen LogP contribution in [-0.2, 0) is 0 Å². The summed E-state index contributed by atoms with van der Waals surface area (Å²) in [7, 11) is 0. The SMILES string of the molecule is C(#Cc1c2ccccc2c(-c2cc(-c3ccccn3)nc(-c3ccccn3)c2)c2ccccc12)c1ccncc1. The van der Waals surface area contributed by atoms with Crippen molar-refractivity contribution in [3.8, 4) is 45.7 Å². The molecule has 0 spiro atoms. The Balaban J connectivity index is 1.54. The average Bonchev–Trinajstić information content (AvgIpc) is 3.04. The molecule has 0 fully saturated rings. The topological polar surface area (TPSA) is 51.6 Å². The maximum Gasteiger partial charge on any atom is 0.0900 e. The quantitative estimate of drug-likeness (QED) is 0.179. The molecule has 0 saturated carbocycles. The second-order valence-electron chi connectivity index (χ2n) is 9.38. The minimum absolute atomic E-state index is 0.800. The van der Waals surface area contributed by atoms with E-state index in [4.69, 9.17) is 4.98 Å². The van der Waals surface area contributed by atoms with Gasteiger partial charge in [0.2, 0.25) is 0 Å². The summed E-state index contributed by atoms with van der Waals surface area (Å²) >= 11 is 0. The second-order valence-corrected chi connectivity index (χ2v) is 9.38. The van der Waals surface area contributed by atoms with E-state index in [0.29, 0.717) is 0 Å². The molecule has 40 heavy (non-hydrogen) atoms. The molecule has 4 heteroatoms. The lowest BCUT2D eigenvalue weighted by Gasteiger charge is -2.16. The summed E-state index contributed by atoms with van der Waals surface area (Å²) in [6.45, 7) is 0. The Labute approximate surface area is 232 Å². The fourth-order valence-corrected chi connectivity index (χ4v) is 5.11. The molecule has 186 valence electrons. The summed E-state index contributed by atoms with van der Waals surface area (Å²) in [5.41, 5.74) is 7.36. The van der Waals surface area contributed by atoms with Gasteiger partial charge < -0.3 is 0 Å². The Bertz CT molecular complexity index is 1930. The normalized spacial score (nSPS) is 10.8. The van der Waals surface area contributed by atoms with Gasteiger partial charge >= 0.3 is 0 Å². The van der Waals surface area contributed by atoms with Crippen LogP contribution in [0.4, 0.5) is 0 Å². The number of hydrogen-bond donors (Lipinski definition) is 0. The van der Waals surface area contributed by atoms with E-state index >= 15 is 0 Å². The first-order valence-corrected chi connectivity index (χ1v) is 13.1. The van der Waals surface area contributed by atoms with Gasteiger partial charge in [-0.2, -0.15) is 0 Å². The Kier molecular flexibility index (Phi) is 6.01. The molecule has 0 N–H and O–H groups in total. The van der Waals surface area contributed by atoms with Gasteiger partial charge in [-0.1, -0.05) is 72.5 Å². The van der Waals surface area contributed by atoms with Gasteiger partial charge in [-0.3, -0.25) is 15.0 Å². The zero-order valence-electron chi connectivity index (χ0n) is 21.5. The van der Waals surface area contributed by atoms with Gasteiger partial charge in [-0.15, -0.1) is 0 Å². The van der Waals surface area contributed by atoms with Gasteiger partial charge in [-0.25, -0.2) is 4.98 Å². The van der Waals surface area contributed by atoms with Crippen molar-refractivity contribution in [2.45, 2.75) is 0 Å². The van der Waals surface area contributed by atoms with Gasteiger partial charge in [0.25, 0.3) is 0 Å². The second kappa shape index (κ2) is 10.2. The summed E-state index contributed by atoms with van der Waals surface area (Å²) in [4.78, 5) is 18.3. The summed E-state index contributed by atoms with van der Waals surface area (Å²) in [6.07, 6.45) is 7.13. The van der Waals surface area contributed by atoms with Crippen molar-refractivity contribution in [3.05, 3.63) is 145 Å². The lowest BCUT2D eigenvalue weighted by atomic mass is 9.88. The average molecular weight is 511 g/mol. The minimum atomic E-state index is 0.800. The van der Waals surface area contributed by atoms with E-state index in [9.17, 15) is 0 Å². The van der Waals surface area contributed by atoms with Gasteiger partial charge in [0, 0.05) is 35.9 Å². The lowest BCUT2D eigenvalue weighted by Crippen LogP contribution is -1.96. The van der Waals surface area contributed by atoms with E-state index in [-0.39, 0.29) is 0 Å². The molecule has 0 bridgehead atoms. The van der Waals surface area contributed by atoms with Gasteiger partial charge in [-0.05, 0) is 81.2 Å². The number of hydrogen-bond acceptors (Lipinski definition) is 4. The Morgan fingerprint density at radius 2 is 0.975 bits per heavy atom. The molecule has 4 heterocycles. The van der Waals surface area contributed by atoms with Crippen molar-refractivity contribution < 1.29 is 0 Å². The molecule has 0 aliphatic heterocycles. The van der Waals surface area contributed by atoms with Crippen LogP contribution in [0.5, 0.6) is 0 Å². The predicted molar refractivity (Wildman–Crippen MR) is 161 cm³/mol.